The molecule has 1 aromatic carbocycles. The van der Waals surface area contributed by atoms with E-state index in [-0.39, 0.29) is 0 Å². The summed E-state index contributed by atoms with van der Waals surface area (Å²) in [7, 11) is 0. The molecule has 0 aromatic heterocycles. The van der Waals surface area contributed by atoms with E-state index in [2.05, 4.69) is 33.8 Å². The molecule has 0 aliphatic heterocycles. The first kappa shape index (κ1) is 13.0. The van der Waals surface area contributed by atoms with Crippen molar-refractivity contribution in [1.82, 2.24) is 4.90 Å². The first-order valence-electron chi connectivity index (χ1n) is 5.31. The van der Waals surface area contributed by atoms with E-state index in [9.17, 15) is 0 Å². The van der Waals surface area contributed by atoms with Gasteiger partial charge in [0.05, 0.1) is 6.07 Å². The average molecular weight is 282 g/mol. The Morgan fingerprint density at radius 3 is 2.81 bits per heavy atom. The molecule has 1 rings (SSSR count). The van der Waals surface area contributed by atoms with Crippen molar-refractivity contribution < 1.29 is 0 Å². The van der Waals surface area contributed by atoms with Gasteiger partial charge in [0.25, 0.3) is 0 Å². The highest BCUT2D eigenvalue weighted by molar-refractivity contribution is 9.10. The fourth-order valence-corrected chi connectivity index (χ4v) is 2.03. The first-order chi connectivity index (χ1) is 7.69. The molecule has 0 saturated heterocycles. The lowest BCUT2D eigenvalue weighted by Gasteiger charge is -2.20. The van der Waals surface area contributed by atoms with E-state index in [0.29, 0.717) is 6.42 Å². The van der Waals surface area contributed by atoms with Crippen LogP contribution < -0.4 is 5.73 Å². The van der Waals surface area contributed by atoms with Gasteiger partial charge in [-0.3, -0.25) is 4.90 Å². The summed E-state index contributed by atoms with van der Waals surface area (Å²) < 4.78 is 1.03. The van der Waals surface area contributed by atoms with Crippen LogP contribution in [0.15, 0.2) is 22.7 Å². The van der Waals surface area contributed by atoms with Crippen LogP contribution in [0, 0.1) is 11.3 Å². The van der Waals surface area contributed by atoms with Gasteiger partial charge < -0.3 is 5.73 Å². The third-order valence-electron chi connectivity index (χ3n) is 2.52. The molecule has 0 unspecified atom stereocenters. The third-order valence-corrected chi connectivity index (χ3v) is 3.27. The largest absolute Gasteiger partial charge is 0.398 e. The van der Waals surface area contributed by atoms with E-state index < -0.39 is 0 Å². The van der Waals surface area contributed by atoms with Crippen LogP contribution in [-0.2, 0) is 6.54 Å². The minimum atomic E-state index is 0.554. The minimum Gasteiger partial charge on any atom is -0.398 e. The molecule has 1 aromatic rings. The number of nitrogen functional groups attached to an aromatic ring is 1. The molecule has 3 nitrogen and oxygen atoms in total. The fourth-order valence-electron chi connectivity index (χ4n) is 1.52. The first-order valence-corrected chi connectivity index (χ1v) is 6.10. The lowest BCUT2D eigenvalue weighted by molar-refractivity contribution is 0.286. The average Bonchev–Trinajstić information content (AvgIpc) is 2.28. The van der Waals surface area contributed by atoms with Crippen LogP contribution in [0.2, 0.25) is 0 Å². The second-order valence-corrected chi connectivity index (χ2v) is 4.44. The van der Waals surface area contributed by atoms with Crippen molar-refractivity contribution in [1.29, 1.82) is 5.26 Å². The zero-order valence-corrected chi connectivity index (χ0v) is 11.0. The van der Waals surface area contributed by atoms with E-state index in [1.165, 1.54) is 0 Å². The Morgan fingerprint density at radius 2 is 2.25 bits per heavy atom. The SMILES string of the molecule is CCN(CCC#N)Cc1c(N)cccc1Br. The van der Waals surface area contributed by atoms with Crippen LogP contribution in [0.3, 0.4) is 0 Å². The number of nitrogens with two attached hydrogens (primary N) is 1. The van der Waals surface area contributed by atoms with Crippen molar-refractivity contribution >= 4 is 21.6 Å². The summed E-state index contributed by atoms with van der Waals surface area (Å²) in [4.78, 5) is 2.21. The second-order valence-electron chi connectivity index (χ2n) is 3.58. The number of rotatable bonds is 5. The number of halogens is 1. The van der Waals surface area contributed by atoms with Crippen molar-refractivity contribution in [3.05, 3.63) is 28.2 Å². The molecule has 86 valence electrons. The molecule has 0 bridgehead atoms. The van der Waals surface area contributed by atoms with Crippen LogP contribution in [0.1, 0.15) is 18.9 Å². The van der Waals surface area contributed by atoms with E-state index in [0.717, 1.165) is 35.4 Å². The van der Waals surface area contributed by atoms with Crippen molar-refractivity contribution in [3.63, 3.8) is 0 Å². The Morgan fingerprint density at radius 1 is 1.50 bits per heavy atom. The number of nitriles is 1. The van der Waals surface area contributed by atoms with Gasteiger partial charge in [-0.2, -0.15) is 5.26 Å². The number of hydrogen-bond donors (Lipinski definition) is 1. The van der Waals surface area contributed by atoms with Gasteiger partial charge in [-0.25, -0.2) is 0 Å². The van der Waals surface area contributed by atoms with Gasteiger partial charge in [0.2, 0.25) is 0 Å². The van der Waals surface area contributed by atoms with E-state index >= 15 is 0 Å². The highest BCUT2D eigenvalue weighted by atomic mass is 79.9. The van der Waals surface area contributed by atoms with Gasteiger partial charge in [0, 0.05) is 35.2 Å². The van der Waals surface area contributed by atoms with Gasteiger partial charge in [-0.15, -0.1) is 0 Å². The van der Waals surface area contributed by atoms with Crippen molar-refractivity contribution in [3.8, 4) is 6.07 Å². The second kappa shape index (κ2) is 6.51. The molecule has 0 amide bonds. The standard InChI is InChI=1S/C12H16BrN3/c1-2-16(8-4-7-14)9-10-11(13)5-3-6-12(10)15/h3,5-6H,2,4,8-9,15H2,1H3. The molecule has 0 heterocycles. The predicted molar refractivity (Wildman–Crippen MR) is 69.7 cm³/mol. The fraction of sp³-hybridized carbons (Fsp3) is 0.417. The molecule has 0 spiro atoms. The van der Waals surface area contributed by atoms with Gasteiger partial charge in [-0.1, -0.05) is 28.9 Å². The topological polar surface area (TPSA) is 53.0 Å². The Labute approximate surface area is 105 Å². The zero-order valence-electron chi connectivity index (χ0n) is 9.41. The summed E-state index contributed by atoms with van der Waals surface area (Å²) in [5.41, 5.74) is 7.83. The normalized spacial score (nSPS) is 10.4. The number of nitrogens with zero attached hydrogens (tertiary/aromatic N) is 2. The molecule has 4 heteroatoms. The Hall–Kier alpha value is -1.05. The molecular weight excluding hydrogens is 266 g/mol. The molecule has 0 radical (unpaired) electrons. The highest BCUT2D eigenvalue weighted by Crippen LogP contribution is 2.23. The highest BCUT2D eigenvalue weighted by Gasteiger charge is 2.08. The van der Waals surface area contributed by atoms with Crippen LogP contribution >= 0.6 is 15.9 Å². The Bertz CT molecular complexity index is 364. The van der Waals surface area contributed by atoms with Crippen molar-refractivity contribution in [2.75, 3.05) is 18.8 Å². The molecule has 2 N–H and O–H groups in total. The third kappa shape index (κ3) is 3.51. The summed E-state index contributed by atoms with van der Waals surface area (Å²) in [5.74, 6) is 0. The lowest BCUT2D eigenvalue weighted by Crippen LogP contribution is -2.24. The molecule has 0 saturated carbocycles. The van der Waals surface area contributed by atoms with Crippen molar-refractivity contribution in [2.45, 2.75) is 19.9 Å². The van der Waals surface area contributed by atoms with E-state index in [1.807, 2.05) is 18.2 Å². The van der Waals surface area contributed by atoms with Crippen LogP contribution in [0.5, 0.6) is 0 Å². The van der Waals surface area contributed by atoms with E-state index in [4.69, 9.17) is 11.0 Å². The van der Waals surface area contributed by atoms with Gasteiger partial charge in [0.15, 0.2) is 0 Å². The molecule has 16 heavy (non-hydrogen) atoms. The summed E-state index contributed by atoms with van der Waals surface area (Å²) in [6, 6.07) is 7.98. The monoisotopic (exact) mass is 281 g/mol. The summed E-state index contributed by atoms with van der Waals surface area (Å²) in [5, 5.41) is 8.58. The smallest absolute Gasteiger partial charge is 0.0635 e. The molecule has 0 aliphatic carbocycles. The molecule has 0 fully saturated rings. The van der Waals surface area contributed by atoms with Crippen molar-refractivity contribution in [2.24, 2.45) is 0 Å². The number of benzene rings is 1. The quantitative estimate of drug-likeness (QED) is 0.845. The molecular formula is C12H16BrN3. The number of anilines is 1. The summed E-state index contributed by atoms with van der Waals surface area (Å²) >= 11 is 3.50. The molecule has 0 atom stereocenters. The predicted octanol–water partition coefficient (Wildman–Crippen LogP) is 2.77. The lowest BCUT2D eigenvalue weighted by atomic mass is 10.1. The summed E-state index contributed by atoms with van der Waals surface area (Å²) in [6.45, 7) is 4.58. The maximum Gasteiger partial charge on any atom is 0.0635 e. The van der Waals surface area contributed by atoms with Crippen LogP contribution in [0.25, 0.3) is 0 Å². The Kier molecular flexibility index (Phi) is 5.30. The minimum absolute atomic E-state index is 0.554. The van der Waals surface area contributed by atoms with Gasteiger partial charge in [0.1, 0.15) is 0 Å². The van der Waals surface area contributed by atoms with Crippen LogP contribution in [0.4, 0.5) is 5.69 Å². The van der Waals surface area contributed by atoms with Gasteiger partial charge in [-0.05, 0) is 18.7 Å². The van der Waals surface area contributed by atoms with Crippen LogP contribution in [-0.4, -0.2) is 18.0 Å². The summed E-state index contributed by atoms with van der Waals surface area (Å²) in [6.07, 6.45) is 0.554. The zero-order chi connectivity index (χ0) is 12.0. The maximum atomic E-state index is 8.58. The van der Waals surface area contributed by atoms with E-state index in [1.54, 1.807) is 0 Å². The molecule has 0 aliphatic rings. The van der Waals surface area contributed by atoms with Gasteiger partial charge >= 0.3 is 0 Å². The Balaban J connectivity index is 2.74. The number of hydrogen-bond acceptors (Lipinski definition) is 3. The maximum absolute atomic E-state index is 8.58.